The fraction of sp³-hybridized carbons (Fsp3) is 0.889. The summed E-state index contributed by atoms with van der Waals surface area (Å²) in [6.45, 7) is 3.00. The van der Waals surface area contributed by atoms with E-state index in [1.54, 1.807) is 6.92 Å². The average molecular weight is 212 g/mol. The van der Waals surface area contributed by atoms with Gasteiger partial charge in [-0.2, -0.15) is 13.2 Å². The summed E-state index contributed by atoms with van der Waals surface area (Å²) >= 11 is 0. The lowest BCUT2D eigenvalue weighted by molar-refractivity contribution is -0.234. The molecule has 84 valence electrons. The number of carbonyl (C=O) groups is 1. The van der Waals surface area contributed by atoms with Gasteiger partial charge in [-0.15, -0.1) is 0 Å². The third-order valence-corrected chi connectivity index (χ3v) is 2.51. The molecule has 2 nitrogen and oxygen atoms in total. The van der Waals surface area contributed by atoms with E-state index in [2.05, 4.69) is 0 Å². The predicted molar refractivity (Wildman–Crippen MR) is 45.9 cm³/mol. The van der Waals surface area contributed by atoms with Gasteiger partial charge in [-0.3, -0.25) is 4.79 Å². The molecule has 14 heavy (non-hydrogen) atoms. The van der Waals surface area contributed by atoms with Gasteiger partial charge in [0.1, 0.15) is 0 Å². The first-order valence-corrected chi connectivity index (χ1v) is 4.62. The Bertz CT molecular complexity index is 201. The molecule has 0 aliphatic carbocycles. The Balaban J connectivity index is 4.90. The minimum atomic E-state index is -4.66. The van der Waals surface area contributed by atoms with Gasteiger partial charge in [0, 0.05) is 0 Å². The van der Waals surface area contributed by atoms with Crippen LogP contribution in [0, 0.1) is 5.41 Å². The first kappa shape index (κ1) is 13.3. The van der Waals surface area contributed by atoms with E-state index in [9.17, 15) is 18.0 Å². The molecule has 0 aliphatic rings. The standard InChI is InChI=1S/C9H15F3O2/c1-3-5-6-8(4-2,7(13)14)9(10,11)12/h3-6H2,1-2H3,(H,13,14). The number of rotatable bonds is 5. The van der Waals surface area contributed by atoms with Crippen molar-refractivity contribution in [1.29, 1.82) is 0 Å². The molecule has 0 heterocycles. The molecular weight excluding hydrogens is 197 g/mol. The number of hydrogen-bond donors (Lipinski definition) is 1. The van der Waals surface area contributed by atoms with Crippen LogP contribution < -0.4 is 0 Å². The Morgan fingerprint density at radius 1 is 1.29 bits per heavy atom. The molecule has 0 aromatic heterocycles. The van der Waals surface area contributed by atoms with Gasteiger partial charge in [0.2, 0.25) is 0 Å². The average Bonchev–Trinajstić information content (AvgIpc) is 2.03. The maximum Gasteiger partial charge on any atom is 0.404 e. The first-order chi connectivity index (χ1) is 6.31. The largest absolute Gasteiger partial charge is 0.481 e. The highest BCUT2D eigenvalue weighted by atomic mass is 19.4. The summed E-state index contributed by atoms with van der Waals surface area (Å²) in [5.74, 6) is -1.76. The van der Waals surface area contributed by atoms with E-state index in [-0.39, 0.29) is 12.8 Å². The molecule has 0 amide bonds. The zero-order valence-corrected chi connectivity index (χ0v) is 8.32. The maximum atomic E-state index is 12.6. The van der Waals surface area contributed by atoms with Crippen molar-refractivity contribution in [1.82, 2.24) is 0 Å². The van der Waals surface area contributed by atoms with Crippen LogP contribution in [-0.4, -0.2) is 17.3 Å². The van der Waals surface area contributed by atoms with Crippen molar-refractivity contribution >= 4 is 5.97 Å². The van der Waals surface area contributed by atoms with Crippen LogP contribution in [-0.2, 0) is 4.79 Å². The van der Waals surface area contributed by atoms with Crippen LogP contribution in [0.2, 0.25) is 0 Å². The number of unbranched alkanes of at least 4 members (excludes halogenated alkanes) is 1. The number of hydrogen-bond acceptors (Lipinski definition) is 1. The van der Waals surface area contributed by atoms with E-state index in [0.717, 1.165) is 0 Å². The Morgan fingerprint density at radius 3 is 2.00 bits per heavy atom. The van der Waals surface area contributed by atoms with E-state index in [0.29, 0.717) is 6.42 Å². The molecule has 0 rings (SSSR count). The second kappa shape index (κ2) is 4.66. The molecule has 0 aromatic carbocycles. The van der Waals surface area contributed by atoms with Crippen LogP contribution in [0.15, 0.2) is 0 Å². The topological polar surface area (TPSA) is 37.3 Å². The highest BCUT2D eigenvalue weighted by Crippen LogP contribution is 2.45. The summed E-state index contributed by atoms with van der Waals surface area (Å²) in [6.07, 6.45) is -4.57. The monoisotopic (exact) mass is 212 g/mol. The number of carboxylic acids is 1. The van der Waals surface area contributed by atoms with Gasteiger partial charge >= 0.3 is 12.1 Å². The third-order valence-electron chi connectivity index (χ3n) is 2.51. The molecule has 0 radical (unpaired) electrons. The highest BCUT2D eigenvalue weighted by molar-refractivity contribution is 5.75. The fourth-order valence-electron chi connectivity index (χ4n) is 1.38. The van der Waals surface area contributed by atoms with E-state index in [4.69, 9.17) is 5.11 Å². The zero-order valence-electron chi connectivity index (χ0n) is 8.32. The maximum absolute atomic E-state index is 12.6. The van der Waals surface area contributed by atoms with Crippen molar-refractivity contribution in [3.8, 4) is 0 Å². The molecule has 1 unspecified atom stereocenters. The summed E-state index contributed by atoms with van der Waals surface area (Å²) in [5.41, 5.74) is -2.55. The normalized spacial score (nSPS) is 16.4. The molecule has 0 spiro atoms. The molecule has 0 saturated carbocycles. The molecule has 0 aromatic rings. The van der Waals surface area contributed by atoms with Gasteiger partial charge in [0.25, 0.3) is 0 Å². The second-order valence-corrected chi connectivity index (χ2v) is 3.34. The van der Waals surface area contributed by atoms with Crippen molar-refractivity contribution in [2.75, 3.05) is 0 Å². The van der Waals surface area contributed by atoms with Gasteiger partial charge in [-0.1, -0.05) is 26.7 Å². The highest BCUT2D eigenvalue weighted by Gasteiger charge is 2.58. The smallest absolute Gasteiger partial charge is 0.404 e. The Morgan fingerprint density at radius 2 is 1.79 bits per heavy atom. The summed E-state index contributed by atoms with van der Waals surface area (Å²) in [5, 5.41) is 8.67. The van der Waals surface area contributed by atoms with Crippen molar-refractivity contribution < 1.29 is 23.1 Å². The fourth-order valence-corrected chi connectivity index (χ4v) is 1.38. The van der Waals surface area contributed by atoms with Crippen LogP contribution in [0.25, 0.3) is 0 Å². The molecule has 0 bridgehead atoms. The lowest BCUT2D eigenvalue weighted by Crippen LogP contribution is -2.44. The van der Waals surface area contributed by atoms with Crippen molar-refractivity contribution in [3.63, 3.8) is 0 Å². The lowest BCUT2D eigenvalue weighted by Gasteiger charge is -2.30. The van der Waals surface area contributed by atoms with Gasteiger partial charge in [-0.25, -0.2) is 0 Å². The van der Waals surface area contributed by atoms with Crippen LogP contribution in [0.4, 0.5) is 13.2 Å². The van der Waals surface area contributed by atoms with Gasteiger partial charge in [0.05, 0.1) is 0 Å². The van der Waals surface area contributed by atoms with Crippen LogP contribution in [0.1, 0.15) is 39.5 Å². The van der Waals surface area contributed by atoms with Crippen LogP contribution >= 0.6 is 0 Å². The van der Waals surface area contributed by atoms with Gasteiger partial charge in [-0.05, 0) is 12.8 Å². The molecule has 5 heteroatoms. The molecule has 0 aliphatic heterocycles. The van der Waals surface area contributed by atoms with Gasteiger partial charge in [0.15, 0.2) is 5.41 Å². The second-order valence-electron chi connectivity index (χ2n) is 3.34. The first-order valence-electron chi connectivity index (χ1n) is 4.62. The minimum absolute atomic E-state index is 0.277. The predicted octanol–water partition coefficient (Wildman–Crippen LogP) is 3.22. The number of aliphatic carboxylic acids is 1. The molecule has 1 atom stereocenters. The third kappa shape index (κ3) is 2.39. The Labute approximate surface area is 81.1 Å². The molecular formula is C9H15F3O2. The summed E-state index contributed by atoms with van der Waals surface area (Å²) in [4.78, 5) is 10.7. The molecule has 1 N–H and O–H groups in total. The molecule has 0 saturated heterocycles. The van der Waals surface area contributed by atoms with Crippen molar-refractivity contribution in [2.24, 2.45) is 5.41 Å². The number of halogens is 3. The lowest BCUT2D eigenvalue weighted by atomic mass is 9.79. The molecule has 0 fully saturated rings. The van der Waals surface area contributed by atoms with Crippen molar-refractivity contribution in [3.05, 3.63) is 0 Å². The van der Waals surface area contributed by atoms with E-state index in [1.165, 1.54) is 6.92 Å². The van der Waals surface area contributed by atoms with Crippen molar-refractivity contribution in [2.45, 2.75) is 45.7 Å². The number of alkyl halides is 3. The van der Waals surface area contributed by atoms with Gasteiger partial charge < -0.3 is 5.11 Å². The van der Waals surface area contributed by atoms with E-state index in [1.807, 2.05) is 0 Å². The van der Waals surface area contributed by atoms with E-state index < -0.39 is 24.0 Å². The number of carboxylic acid groups (broad SMARTS) is 1. The Hall–Kier alpha value is -0.740. The van der Waals surface area contributed by atoms with Crippen LogP contribution in [0.3, 0.4) is 0 Å². The summed E-state index contributed by atoms with van der Waals surface area (Å²) in [6, 6.07) is 0. The van der Waals surface area contributed by atoms with Crippen LogP contribution in [0.5, 0.6) is 0 Å². The van der Waals surface area contributed by atoms with E-state index >= 15 is 0 Å². The summed E-state index contributed by atoms with van der Waals surface area (Å²) < 4.78 is 37.7. The Kier molecular flexibility index (Phi) is 4.42. The SMILES string of the molecule is CCCCC(CC)(C(=O)O)C(F)(F)F. The summed E-state index contributed by atoms with van der Waals surface area (Å²) in [7, 11) is 0. The quantitative estimate of drug-likeness (QED) is 0.759. The minimum Gasteiger partial charge on any atom is -0.481 e. The zero-order chi connectivity index (χ0) is 11.4.